The SMILES string of the molecule is O=C(NCc1ccc(OC2CCCC2)nc1)N1CCOCC1. The number of nitrogens with zero attached hydrogens (tertiary/aromatic N) is 2. The molecule has 6 heteroatoms. The number of aromatic nitrogens is 1. The first kappa shape index (κ1) is 15.1. The summed E-state index contributed by atoms with van der Waals surface area (Å²) in [6.07, 6.45) is 6.83. The Morgan fingerprint density at radius 2 is 2.09 bits per heavy atom. The van der Waals surface area contributed by atoms with E-state index in [1.165, 1.54) is 12.8 Å². The van der Waals surface area contributed by atoms with Gasteiger partial charge in [0.25, 0.3) is 0 Å². The molecule has 1 N–H and O–H groups in total. The van der Waals surface area contributed by atoms with Crippen molar-refractivity contribution in [2.45, 2.75) is 38.3 Å². The third kappa shape index (κ3) is 4.10. The highest BCUT2D eigenvalue weighted by molar-refractivity contribution is 5.74. The first-order valence-electron chi connectivity index (χ1n) is 8.03. The quantitative estimate of drug-likeness (QED) is 0.923. The summed E-state index contributed by atoms with van der Waals surface area (Å²) in [6.45, 7) is 3.01. The van der Waals surface area contributed by atoms with Crippen LogP contribution in [-0.4, -0.2) is 48.3 Å². The predicted octanol–water partition coefficient (Wildman–Crippen LogP) is 1.94. The Balaban J connectivity index is 1.45. The van der Waals surface area contributed by atoms with Crippen LogP contribution >= 0.6 is 0 Å². The van der Waals surface area contributed by atoms with Crippen LogP contribution in [0.15, 0.2) is 18.3 Å². The Labute approximate surface area is 130 Å². The molecule has 2 amide bonds. The Bertz CT molecular complexity index is 480. The van der Waals surface area contributed by atoms with E-state index in [1.807, 2.05) is 12.1 Å². The Kier molecular flexibility index (Phi) is 5.11. The molecule has 22 heavy (non-hydrogen) atoms. The highest BCUT2D eigenvalue weighted by atomic mass is 16.5. The zero-order valence-electron chi connectivity index (χ0n) is 12.8. The fraction of sp³-hybridized carbons (Fsp3) is 0.625. The summed E-state index contributed by atoms with van der Waals surface area (Å²) in [5, 5.41) is 2.91. The topological polar surface area (TPSA) is 63.7 Å². The smallest absolute Gasteiger partial charge is 0.317 e. The Morgan fingerprint density at radius 1 is 1.32 bits per heavy atom. The second-order valence-corrected chi connectivity index (χ2v) is 5.79. The number of rotatable bonds is 4. The zero-order valence-corrected chi connectivity index (χ0v) is 12.8. The van der Waals surface area contributed by atoms with Crippen molar-refractivity contribution in [3.8, 4) is 5.88 Å². The molecule has 2 fully saturated rings. The molecule has 2 aliphatic rings. The van der Waals surface area contributed by atoms with Gasteiger partial charge in [-0.25, -0.2) is 9.78 Å². The number of carbonyl (C=O) groups is 1. The van der Waals surface area contributed by atoms with Gasteiger partial charge in [0.15, 0.2) is 0 Å². The molecule has 1 aromatic heterocycles. The molecule has 2 heterocycles. The maximum absolute atomic E-state index is 12.0. The predicted molar refractivity (Wildman–Crippen MR) is 81.7 cm³/mol. The lowest BCUT2D eigenvalue weighted by Crippen LogP contribution is -2.45. The molecule has 3 rings (SSSR count). The van der Waals surface area contributed by atoms with E-state index >= 15 is 0 Å². The van der Waals surface area contributed by atoms with Gasteiger partial charge in [0.1, 0.15) is 6.10 Å². The summed E-state index contributed by atoms with van der Waals surface area (Å²) in [6, 6.07) is 3.79. The fourth-order valence-corrected chi connectivity index (χ4v) is 2.82. The molecule has 1 aliphatic heterocycles. The van der Waals surface area contributed by atoms with E-state index < -0.39 is 0 Å². The monoisotopic (exact) mass is 305 g/mol. The molecular formula is C16H23N3O3. The third-order valence-electron chi connectivity index (χ3n) is 4.13. The van der Waals surface area contributed by atoms with Crippen LogP contribution in [0.4, 0.5) is 4.79 Å². The van der Waals surface area contributed by atoms with Gasteiger partial charge >= 0.3 is 6.03 Å². The average molecular weight is 305 g/mol. The van der Waals surface area contributed by atoms with Crippen molar-refractivity contribution in [1.82, 2.24) is 15.2 Å². The minimum atomic E-state index is -0.0467. The van der Waals surface area contributed by atoms with Crippen molar-refractivity contribution in [3.05, 3.63) is 23.9 Å². The zero-order chi connectivity index (χ0) is 15.2. The molecule has 0 unspecified atom stereocenters. The highest BCUT2D eigenvalue weighted by Gasteiger charge is 2.17. The molecule has 0 spiro atoms. The van der Waals surface area contributed by atoms with Crippen molar-refractivity contribution < 1.29 is 14.3 Å². The van der Waals surface area contributed by atoms with E-state index in [9.17, 15) is 4.79 Å². The number of ether oxygens (including phenoxy) is 2. The van der Waals surface area contributed by atoms with Gasteiger partial charge in [0.05, 0.1) is 13.2 Å². The highest BCUT2D eigenvalue weighted by Crippen LogP contribution is 2.22. The van der Waals surface area contributed by atoms with Gasteiger partial charge in [0, 0.05) is 31.9 Å². The molecule has 0 atom stereocenters. The summed E-state index contributed by atoms with van der Waals surface area (Å²) < 4.78 is 11.1. The van der Waals surface area contributed by atoms with Gasteiger partial charge in [-0.1, -0.05) is 6.07 Å². The number of carbonyl (C=O) groups excluding carboxylic acids is 1. The average Bonchev–Trinajstić information content (AvgIpc) is 3.08. The Hall–Kier alpha value is -1.82. The fourth-order valence-electron chi connectivity index (χ4n) is 2.82. The van der Waals surface area contributed by atoms with Crippen LogP contribution in [0.2, 0.25) is 0 Å². The van der Waals surface area contributed by atoms with Crippen LogP contribution in [0.1, 0.15) is 31.2 Å². The van der Waals surface area contributed by atoms with Crippen molar-refractivity contribution in [2.75, 3.05) is 26.3 Å². The molecule has 6 nitrogen and oxygen atoms in total. The number of amides is 2. The number of urea groups is 1. The molecule has 1 aliphatic carbocycles. The van der Waals surface area contributed by atoms with Crippen molar-refractivity contribution in [2.24, 2.45) is 0 Å². The first-order valence-corrected chi connectivity index (χ1v) is 8.03. The van der Waals surface area contributed by atoms with Crippen molar-refractivity contribution in [1.29, 1.82) is 0 Å². The van der Waals surface area contributed by atoms with Gasteiger partial charge in [-0.3, -0.25) is 0 Å². The molecule has 1 aromatic rings. The molecule has 1 saturated heterocycles. The maximum atomic E-state index is 12.0. The van der Waals surface area contributed by atoms with E-state index in [2.05, 4.69) is 10.3 Å². The number of morpholine rings is 1. The molecule has 120 valence electrons. The maximum Gasteiger partial charge on any atom is 0.317 e. The summed E-state index contributed by atoms with van der Waals surface area (Å²) >= 11 is 0. The number of hydrogen-bond acceptors (Lipinski definition) is 4. The van der Waals surface area contributed by atoms with Crippen LogP contribution in [-0.2, 0) is 11.3 Å². The summed E-state index contributed by atoms with van der Waals surface area (Å²) in [7, 11) is 0. The molecule has 0 aromatic carbocycles. The number of hydrogen-bond donors (Lipinski definition) is 1. The lowest BCUT2D eigenvalue weighted by molar-refractivity contribution is 0.0531. The summed E-state index contributed by atoms with van der Waals surface area (Å²) in [4.78, 5) is 18.1. The van der Waals surface area contributed by atoms with Gasteiger partial charge < -0.3 is 19.7 Å². The minimum absolute atomic E-state index is 0.0467. The summed E-state index contributed by atoms with van der Waals surface area (Å²) in [5.41, 5.74) is 0.973. The van der Waals surface area contributed by atoms with Crippen LogP contribution in [0.25, 0.3) is 0 Å². The second kappa shape index (κ2) is 7.45. The second-order valence-electron chi connectivity index (χ2n) is 5.79. The van der Waals surface area contributed by atoms with Crippen LogP contribution in [0, 0.1) is 0 Å². The van der Waals surface area contributed by atoms with E-state index in [0.29, 0.717) is 44.8 Å². The van der Waals surface area contributed by atoms with Crippen LogP contribution in [0.5, 0.6) is 5.88 Å². The van der Waals surface area contributed by atoms with E-state index in [-0.39, 0.29) is 6.03 Å². The lowest BCUT2D eigenvalue weighted by atomic mass is 10.3. The van der Waals surface area contributed by atoms with E-state index in [4.69, 9.17) is 9.47 Å². The van der Waals surface area contributed by atoms with Crippen LogP contribution in [0.3, 0.4) is 0 Å². The van der Waals surface area contributed by atoms with Crippen molar-refractivity contribution in [3.63, 3.8) is 0 Å². The van der Waals surface area contributed by atoms with Gasteiger partial charge in [0.2, 0.25) is 5.88 Å². The lowest BCUT2D eigenvalue weighted by Gasteiger charge is -2.26. The molecular weight excluding hydrogens is 282 g/mol. The largest absolute Gasteiger partial charge is 0.474 e. The van der Waals surface area contributed by atoms with Gasteiger partial charge in [-0.05, 0) is 31.2 Å². The minimum Gasteiger partial charge on any atom is -0.474 e. The van der Waals surface area contributed by atoms with Crippen molar-refractivity contribution >= 4 is 6.03 Å². The Morgan fingerprint density at radius 3 is 2.77 bits per heavy atom. The van der Waals surface area contributed by atoms with Gasteiger partial charge in [-0.2, -0.15) is 0 Å². The molecule has 0 bridgehead atoms. The number of pyridine rings is 1. The number of nitrogens with one attached hydrogen (secondary N) is 1. The van der Waals surface area contributed by atoms with Crippen LogP contribution < -0.4 is 10.1 Å². The standard InChI is InChI=1S/C16H23N3O3/c20-16(19-7-9-21-10-8-19)18-12-13-5-6-15(17-11-13)22-14-3-1-2-4-14/h5-6,11,14H,1-4,7-10,12H2,(H,18,20). The molecule has 0 radical (unpaired) electrons. The summed E-state index contributed by atoms with van der Waals surface area (Å²) in [5.74, 6) is 0.676. The third-order valence-corrected chi connectivity index (χ3v) is 4.13. The first-order chi connectivity index (χ1) is 10.8. The normalized spacial score (nSPS) is 19.2. The van der Waals surface area contributed by atoms with E-state index in [0.717, 1.165) is 18.4 Å². The molecule has 1 saturated carbocycles. The van der Waals surface area contributed by atoms with Gasteiger partial charge in [-0.15, -0.1) is 0 Å². The van der Waals surface area contributed by atoms with E-state index in [1.54, 1.807) is 11.1 Å².